The molecule has 2 saturated carbocycles. The van der Waals surface area contributed by atoms with Gasteiger partial charge in [0.05, 0.1) is 0 Å². The van der Waals surface area contributed by atoms with E-state index in [-0.39, 0.29) is 0 Å². The zero-order valence-corrected chi connectivity index (χ0v) is 11.0. The largest absolute Gasteiger partial charge is 0.295 e. The van der Waals surface area contributed by atoms with Crippen LogP contribution in [-0.2, 0) is 4.79 Å². The predicted molar refractivity (Wildman–Crippen MR) is 71.9 cm³/mol. The van der Waals surface area contributed by atoms with Gasteiger partial charge in [0.25, 0.3) is 0 Å². The van der Waals surface area contributed by atoms with Gasteiger partial charge in [-0.3, -0.25) is 4.79 Å². The van der Waals surface area contributed by atoms with Crippen molar-refractivity contribution in [2.45, 2.75) is 70.6 Å². The third kappa shape index (κ3) is 3.69. The molecule has 0 bridgehead atoms. The molecule has 0 saturated heterocycles. The van der Waals surface area contributed by atoms with Crippen molar-refractivity contribution >= 4 is 5.78 Å². The van der Waals surface area contributed by atoms with Gasteiger partial charge in [0, 0.05) is 6.42 Å². The second kappa shape index (κ2) is 6.37. The van der Waals surface area contributed by atoms with Gasteiger partial charge in [-0.05, 0) is 30.3 Å². The summed E-state index contributed by atoms with van der Waals surface area (Å²) in [5.74, 6) is 1.56. The summed E-state index contributed by atoms with van der Waals surface area (Å²) in [4.78, 5) is 12.2. The number of ketones is 1. The van der Waals surface area contributed by atoms with E-state index in [0.717, 1.165) is 12.0 Å². The van der Waals surface area contributed by atoms with Gasteiger partial charge in [0.1, 0.15) is 0 Å². The van der Waals surface area contributed by atoms with Crippen LogP contribution in [-0.4, -0.2) is 5.78 Å². The Bertz CT molecular complexity index is 267. The van der Waals surface area contributed by atoms with Crippen LogP contribution in [0.2, 0.25) is 0 Å². The van der Waals surface area contributed by atoms with Crippen LogP contribution in [0.25, 0.3) is 0 Å². The Labute approximate surface area is 106 Å². The number of Topliss-reactive ketones (excluding diaryl/α,β-unsaturated/α-hetero) is 1. The maximum atomic E-state index is 12.2. The molecular formula is C16H26O. The molecule has 0 spiro atoms. The summed E-state index contributed by atoms with van der Waals surface area (Å²) in [5, 5.41) is 0. The highest BCUT2D eigenvalue weighted by Gasteiger charge is 2.24. The van der Waals surface area contributed by atoms with Crippen LogP contribution in [0.1, 0.15) is 70.6 Å². The molecule has 0 N–H and O–H groups in total. The van der Waals surface area contributed by atoms with Crippen molar-refractivity contribution in [1.29, 1.82) is 0 Å². The fraction of sp³-hybridized carbons (Fsp3) is 0.812. The maximum absolute atomic E-state index is 12.2. The van der Waals surface area contributed by atoms with E-state index in [1.165, 1.54) is 64.2 Å². The van der Waals surface area contributed by atoms with Crippen molar-refractivity contribution < 1.29 is 4.79 Å². The van der Waals surface area contributed by atoms with E-state index in [0.29, 0.717) is 17.6 Å². The minimum atomic E-state index is 0.379. The van der Waals surface area contributed by atoms with Crippen LogP contribution < -0.4 is 0 Å². The van der Waals surface area contributed by atoms with Gasteiger partial charge in [-0.1, -0.05) is 57.9 Å². The number of allylic oxidation sites excluding steroid dienone is 1. The highest BCUT2D eigenvalue weighted by molar-refractivity contribution is 5.95. The molecule has 0 aromatic carbocycles. The van der Waals surface area contributed by atoms with Gasteiger partial charge in [0.2, 0.25) is 0 Å². The summed E-state index contributed by atoms with van der Waals surface area (Å²) >= 11 is 0. The molecule has 2 rings (SSSR count). The Morgan fingerprint density at radius 2 is 1.41 bits per heavy atom. The quantitative estimate of drug-likeness (QED) is 0.646. The topological polar surface area (TPSA) is 17.1 Å². The lowest BCUT2D eigenvalue weighted by atomic mass is 9.79. The van der Waals surface area contributed by atoms with Gasteiger partial charge < -0.3 is 0 Å². The lowest BCUT2D eigenvalue weighted by molar-refractivity contribution is -0.117. The average molecular weight is 234 g/mol. The van der Waals surface area contributed by atoms with Gasteiger partial charge in [-0.25, -0.2) is 0 Å². The first-order valence-corrected chi connectivity index (χ1v) is 7.49. The first-order chi connectivity index (χ1) is 8.27. The molecule has 0 aromatic rings. The molecule has 0 unspecified atom stereocenters. The standard InChI is InChI=1S/C16H26O/c1-13(15-10-6-3-7-11-15)16(17)12-14-8-4-2-5-9-14/h14-15H,1-12H2. The van der Waals surface area contributed by atoms with Gasteiger partial charge in [-0.15, -0.1) is 0 Å². The molecule has 1 nitrogen and oxygen atoms in total. The van der Waals surface area contributed by atoms with E-state index in [9.17, 15) is 4.79 Å². The molecule has 0 aromatic heterocycles. The van der Waals surface area contributed by atoms with Crippen LogP contribution >= 0.6 is 0 Å². The molecule has 2 fully saturated rings. The zero-order valence-electron chi connectivity index (χ0n) is 11.0. The molecule has 2 aliphatic carbocycles. The molecule has 0 heterocycles. The summed E-state index contributed by atoms with van der Waals surface area (Å²) in [6, 6.07) is 0. The minimum Gasteiger partial charge on any atom is -0.295 e. The van der Waals surface area contributed by atoms with E-state index in [1.54, 1.807) is 0 Å². The number of carbonyl (C=O) groups is 1. The molecule has 0 aliphatic heterocycles. The van der Waals surface area contributed by atoms with Crippen molar-refractivity contribution in [3.05, 3.63) is 12.2 Å². The zero-order chi connectivity index (χ0) is 12.1. The minimum absolute atomic E-state index is 0.379. The van der Waals surface area contributed by atoms with E-state index in [2.05, 4.69) is 6.58 Å². The molecular weight excluding hydrogens is 208 g/mol. The van der Waals surface area contributed by atoms with Crippen molar-refractivity contribution in [2.24, 2.45) is 11.8 Å². The van der Waals surface area contributed by atoms with E-state index < -0.39 is 0 Å². The van der Waals surface area contributed by atoms with E-state index >= 15 is 0 Å². The summed E-state index contributed by atoms with van der Waals surface area (Å²) < 4.78 is 0. The van der Waals surface area contributed by atoms with Crippen LogP contribution in [0, 0.1) is 11.8 Å². The normalized spacial score (nSPS) is 23.5. The number of hydrogen-bond acceptors (Lipinski definition) is 1. The Balaban J connectivity index is 1.79. The first kappa shape index (κ1) is 12.9. The van der Waals surface area contributed by atoms with Gasteiger partial charge in [-0.2, -0.15) is 0 Å². The lowest BCUT2D eigenvalue weighted by Crippen LogP contribution is -2.19. The van der Waals surface area contributed by atoms with E-state index in [4.69, 9.17) is 0 Å². The first-order valence-electron chi connectivity index (χ1n) is 7.49. The lowest BCUT2D eigenvalue weighted by Gasteiger charge is -2.25. The molecule has 1 heteroatoms. The molecule has 2 aliphatic rings. The molecule has 0 radical (unpaired) electrons. The van der Waals surface area contributed by atoms with Gasteiger partial charge in [0.15, 0.2) is 5.78 Å². The summed E-state index contributed by atoms with van der Waals surface area (Å²) in [6.45, 7) is 4.09. The average Bonchev–Trinajstić information content (AvgIpc) is 2.40. The Kier molecular flexibility index (Phi) is 4.82. The smallest absolute Gasteiger partial charge is 0.158 e. The van der Waals surface area contributed by atoms with Crippen molar-refractivity contribution in [3.8, 4) is 0 Å². The highest BCUT2D eigenvalue weighted by atomic mass is 16.1. The van der Waals surface area contributed by atoms with Crippen LogP contribution in [0.5, 0.6) is 0 Å². The second-order valence-electron chi connectivity index (χ2n) is 5.99. The van der Waals surface area contributed by atoms with Crippen LogP contribution in [0.4, 0.5) is 0 Å². The molecule has 0 atom stereocenters. The summed E-state index contributed by atoms with van der Waals surface area (Å²) in [7, 11) is 0. The van der Waals surface area contributed by atoms with Crippen molar-refractivity contribution in [1.82, 2.24) is 0 Å². The van der Waals surface area contributed by atoms with Gasteiger partial charge >= 0.3 is 0 Å². The summed E-state index contributed by atoms with van der Waals surface area (Å²) in [6.07, 6.45) is 13.7. The Morgan fingerprint density at radius 3 is 2.00 bits per heavy atom. The van der Waals surface area contributed by atoms with Crippen molar-refractivity contribution in [2.75, 3.05) is 0 Å². The van der Waals surface area contributed by atoms with E-state index in [1.807, 2.05) is 0 Å². The highest BCUT2D eigenvalue weighted by Crippen LogP contribution is 2.32. The Hall–Kier alpha value is -0.590. The molecule has 0 amide bonds. The number of hydrogen-bond donors (Lipinski definition) is 0. The molecule has 17 heavy (non-hydrogen) atoms. The second-order valence-corrected chi connectivity index (χ2v) is 5.99. The predicted octanol–water partition coefficient (Wildman–Crippen LogP) is 4.66. The maximum Gasteiger partial charge on any atom is 0.158 e. The fourth-order valence-electron chi connectivity index (χ4n) is 3.46. The number of carbonyl (C=O) groups excluding carboxylic acids is 1. The fourth-order valence-corrected chi connectivity index (χ4v) is 3.46. The Morgan fingerprint density at radius 1 is 0.882 bits per heavy atom. The van der Waals surface area contributed by atoms with Crippen LogP contribution in [0.15, 0.2) is 12.2 Å². The third-order valence-corrected chi connectivity index (χ3v) is 4.65. The SMILES string of the molecule is C=C(C(=O)CC1CCCCC1)C1CCCCC1. The van der Waals surface area contributed by atoms with Crippen molar-refractivity contribution in [3.63, 3.8) is 0 Å². The summed E-state index contributed by atoms with van der Waals surface area (Å²) in [5.41, 5.74) is 0.954. The van der Waals surface area contributed by atoms with Crippen LogP contribution in [0.3, 0.4) is 0 Å². The third-order valence-electron chi connectivity index (χ3n) is 4.65. The molecule has 96 valence electrons. The number of rotatable bonds is 4. The monoisotopic (exact) mass is 234 g/mol.